The van der Waals surface area contributed by atoms with Gasteiger partial charge in [-0.2, -0.15) is 0 Å². The van der Waals surface area contributed by atoms with Crippen molar-refractivity contribution in [2.45, 2.75) is 71.5 Å². The summed E-state index contributed by atoms with van der Waals surface area (Å²) in [5.41, 5.74) is 0. The first kappa shape index (κ1) is 23.9. The van der Waals surface area contributed by atoms with Crippen molar-refractivity contribution in [3.63, 3.8) is 0 Å². The fourth-order valence-corrected chi connectivity index (χ4v) is 3.11. The molecule has 4 unspecified atom stereocenters. The summed E-state index contributed by atoms with van der Waals surface area (Å²) in [7, 11) is 0. The molecule has 1 fully saturated rings. The molecule has 0 aromatic carbocycles. The summed E-state index contributed by atoms with van der Waals surface area (Å²) in [6, 6.07) is -1.92. The van der Waals surface area contributed by atoms with E-state index in [9.17, 15) is 19.2 Å². The van der Waals surface area contributed by atoms with Crippen molar-refractivity contribution in [1.82, 2.24) is 21.3 Å². The highest BCUT2D eigenvalue weighted by Gasteiger charge is 2.32. The van der Waals surface area contributed by atoms with Crippen LogP contribution in [0, 0.1) is 11.8 Å². The number of amides is 3. The second-order valence-electron chi connectivity index (χ2n) is 7.82. The number of hydrogen-bond acceptors (Lipinski definition) is 5. The fourth-order valence-electron chi connectivity index (χ4n) is 3.11. The number of nitrogens with one attached hydrogen (secondary N) is 4. The summed E-state index contributed by atoms with van der Waals surface area (Å²) in [5, 5.41) is 19.7. The molecule has 28 heavy (non-hydrogen) atoms. The van der Waals surface area contributed by atoms with Crippen LogP contribution in [0.3, 0.4) is 0 Å². The van der Waals surface area contributed by atoms with Gasteiger partial charge in [0, 0.05) is 0 Å². The van der Waals surface area contributed by atoms with Crippen LogP contribution in [0.5, 0.6) is 0 Å². The third-order valence-corrected chi connectivity index (χ3v) is 4.92. The van der Waals surface area contributed by atoms with Crippen LogP contribution in [0.1, 0.15) is 53.4 Å². The van der Waals surface area contributed by atoms with E-state index < -0.39 is 36.4 Å². The van der Waals surface area contributed by atoms with E-state index in [-0.39, 0.29) is 23.8 Å². The van der Waals surface area contributed by atoms with Gasteiger partial charge in [0.05, 0.1) is 6.04 Å². The summed E-state index contributed by atoms with van der Waals surface area (Å²) in [5.74, 6) is -2.38. The van der Waals surface area contributed by atoms with Crippen molar-refractivity contribution in [3.8, 4) is 0 Å². The zero-order valence-electron chi connectivity index (χ0n) is 17.2. The molecule has 4 atom stereocenters. The lowest BCUT2D eigenvalue weighted by molar-refractivity contribution is -0.139. The van der Waals surface area contributed by atoms with Crippen LogP contribution in [0.4, 0.5) is 0 Å². The molecule has 5 N–H and O–H groups in total. The number of carboxylic acids is 1. The van der Waals surface area contributed by atoms with Gasteiger partial charge in [-0.3, -0.25) is 19.2 Å². The van der Waals surface area contributed by atoms with Crippen molar-refractivity contribution < 1.29 is 24.3 Å². The van der Waals surface area contributed by atoms with Gasteiger partial charge < -0.3 is 26.4 Å². The molecule has 0 aromatic heterocycles. The topological polar surface area (TPSA) is 137 Å². The van der Waals surface area contributed by atoms with Gasteiger partial charge in [0.1, 0.15) is 18.6 Å². The third kappa shape index (κ3) is 7.84. The van der Waals surface area contributed by atoms with Crippen molar-refractivity contribution >= 4 is 23.7 Å². The molecule has 9 heteroatoms. The zero-order valence-corrected chi connectivity index (χ0v) is 17.2. The van der Waals surface area contributed by atoms with E-state index in [1.165, 1.54) is 0 Å². The summed E-state index contributed by atoms with van der Waals surface area (Å²) in [4.78, 5) is 48.4. The molecule has 160 valence electrons. The predicted molar refractivity (Wildman–Crippen MR) is 104 cm³/mol. The van der Waals surface area contributed by atoms with E-state index in [0.717, 1.165) is 19.4 Å². The molecule has 0 saturated carbocycles. The van der Waals surface area contributed by atoms with E-state index >= 15 is 0 Å². The van der Waals surface area contributed by atoms with Gasteiger partial charge in [-0.05, 0) is 37.6 Å². The van der Waals surface area contributed by atoms with Gasteiger partial charge in [-0.25, -0.2) is 0 Å². The maximum absolute atomic E-state index is 12.9. The summed E-state index contributed by atoms with van der Waals surface area (Å²) < 4.78 is 0. The standard InChI is InChI=1S/C19H34N4O5/c1-5-12(4)16(19(28)21-10-15(24)25)23-18(27)14(9-11(2)3)22-17(26)13-7-6-8-20-13/h11-14,16,20H,5-10H2,1-4H3,(H,21,28)(H,22,26)(H,23,27)(H,24,25). The Labute approximate surface area is 166 Å². The van der Waals surface area contributed by atoms with Gasteiger partial charge in [-0.15, -0.1) is 0 Å². The maximum Gasteiger partial charge on any atom is 0.322 e. The molecule has 1 aliphatic heterocycles. The first-order valence-corrected chi connectivity index (χ1v) is 9.99. The minimum atomic E-state index is -1.16. The van der Waals surface area contributed by atoms with Crippen molar-refractivity contribution in [2.75, 3.05) is 13.1 Å². The minimum absolute atomic E-state index is 0.162. The molecule has 1 rings (SSSR count). The second-order valence-corrected chi connectivity index (χ2v) is 7.82. The zero-order chi connectivity index (χ0) is 21.3. The molecule has 0 aliphatic carbocycles. The van der Waals surface area contributed by atoms with Crippen LogP contribution in [0.2, 0.25) is 0 Å². The molecular weight excluding hydrogens is 364 g/mol. The van der Waals surface area contributed by atoms with Crippen LogP contribution >= 0.6 is 0 Å². The average molecular weight is 399 g/mol. The molecule has 1 heterocycles. The van der Waals surface area contributed by atoms with E-state index in [1.807, 2.05) is 27.7 Å². The van der Waals surface area contributed by atoms with Gasteiger partial charge >= 0.3 is 5.97 Å². The van der Waals surface area contributed by atoms with Gasteiger partial charge in [0.2, 0.25) is 17.7 Å². The smallest absolute Gasteiger partial charge is 0.322 e. The molecule has 0 radical (unpaired) electrons. The Bertz CT molecular complexity index is 561. The lowest BCUT2D eigenvalue weighted by atomic mass is 9.96. The SMILES string of the molecule is CCC(C)C(NC(=O)C(CC(C)C)NC(=O)C1CCCN1)C(=O)NCC(=O)O. The third-order valence-electron chi connectivity index (χ3n) is 4.92. The number of carbonyl (C=O) groups is 4. The van der Waals surface area contributed by atoms with Crippen molar-refractivity contribution in [2.24, 2.45) is 11.8 Å². The van der Waals surface area contributed by atoms with Gasteiger partial charge in [-0.1, -0.05) is 34.1 Å². The Hall–Kier alpha value is -2.16. The Morgan fingerprint density at radius 3 is 2.29 bits per heavy atom. The predicted octanol–water partition coefficient (Wildman–Crippen LogP) is 0.00100. The van der Waals surface area contributed by atoms with Crippen LogP contribution in [0.15, 0.2) is 0 Å². The first-order valence-electron chi connectivity index (χ1n) is 9.99. The summed E-state index contributed by atoms with van der Waals surface area (Å²) in [6.45, 7) is 7.86. The number of hydrogen-bond donors (Lipinski definition) is 5. The lowest BCUT2D eigenvalue weighted by Crippen LogP contribution is -2.57. The van der Waals surface area contributed by atoms with Crippen LogP contribution in [-0.4, -0.2) is 60.0 Å². The van der Waals surface area contributed by atoms with Crippen LogP contribution in [-0.2, 0) is 19.2 Å². The molecule has 1 aliphatic rings. The molecule has 3 amide bonds. The van der Waals surface area contributed by atoms with Crippen LogP contribution < -0.4 is 21.3 Å². The lowest BCUT2D eigenvalue weighted by Gasteiger charge is -2.27. The normalized spacial score (nSPS) is 19.5. The highest BCUT2D eigenvalue weighted by molar-refractivity contribution is 5.93. The summed E-state index contributed by atoms with van der Waals surface area (Å²) >= 11 is 0. The maximum atomic E-state index is 12.9. The molecular formula is C19H34N4O5. The second kappa shape index (κ2) is 11.6. The quantitative estimate of drug-likeness (QED) is 0.332. The monoisotopic (exact) mass is 398 g/mol. The van der Waals surface area contributed by atoms with E-state index in [4.69, 9.17) is 5.11 Å². The molecule has 1 saturated heterocycles. The average Bonchev–Trinajstić information content (AvgIpc) is 3.17. The Kier molecular flexibility index (Phi) is 9.92. The number of rotatable bonds is 11. The number of aliphatic carboxylic acids is 1. The van der Waals surface area contributed by atoms with Crippen molar-refractivity contribution in [1.29, 1.82) is 0 Å². The molecule has 0 aromatic rings. The summed E-state index contributed by atoms with van der Waals surface area (Å²) in [6.07, 6.45) is 2.71. The highest BCUT2D eigenvalue weighted by atomic mass is 16.4. The molecule has 0 spiro atoms. The van der Waals surface area contributed by atoms with Crippen molar-refractivity contribution in [3.05, 3.63) is 0 Å². The van der Waals surface area contributed by atoms with Gasteiger partial charge in [0.25, 0.3) is 0 Å². The Morgan fingerprint density at radius 2 is 1.79 bits per heavy atom. The largest absolute Gasteiger partial charge is 0.480 e. The van der Waals surface area contributed by atoms with E-state index in [2.05, 4.69) is 21.3 Å². The highest BCUT2D eigenvalue weighted by Crippen LogP contribution is 2.12. The number of carboxylic acid groups (broad SMARTS) is 1. The van der Waals surface area contributed by atoms with E-state index in [1.54, 1.807) is 0 Å². The number of carbonyl (C=O) groups excluding carboxylic acids is 3. The molecule has 0 bridgehead atoms. The van der Waals surface area contributed by atoms with Gasteiger partial charge in [0.15, 0.2) is 0 Å². The fraction of sp³-hybridized carbons (Fsp3) is 0.789. The Balaban J connectivity index is 2.83. The Morgan fingerprint density at radius 1 is 1.11 bits per heavy atom. The van der Waals surface area contributed by atoms with Crippen LogP contribution in [0.25, 0.3) is 0 Å². The minimum Gasteiger partial charge on any atom is -0.480 e. The molecule has 9 nitrogen and oxygen atoms in total. The van der Waals surface area contributed by atoms with E-state index in [0.29, 0.717) is 12.8 Å². The first-order chi connectivity index (χ1) is 13.1.